The fraction of sp³-hybridized carbons (Fsp3) is 0.286. The molecule has 1 saturated heterocycles. The third-order valence-electron chi connectivity index (χ3n) is 6.45. The van der Waals surface area contributed by atoms with E-state index < -0.39 is 6.04 Å². The summed E-state index contributed by atoms with van der Waals surface area (Å²) in [5.41, 5.74) is 2.72. The molecule has 1 fully saturated rings. The number of benzene rings is 3. The van der Waals surface area contributed by atoms with Gasteiger partial charge in [0.15, 0.2) is 11.5 Å². The molecule has 0 unspecified atom stereocenters. The second-order valence-corrected chi connectivity index (χ2v) is 8.87. The molecule has 1 atom stereocenters. The van der Waals surface area contributed by atoms with Gasteiger partial charge in [0, 0.05) is 44.7 Å². The summed E-state index contributed by atoms with van der Waals surface area (Å²) in [4.78, 5) is 30.6. The highest BCUT2D eigenvalue weighted by atomic mass is 16.7. The fourth-order valence-electron chi connectivity index (χ4n) is 4.53. The van der Waals surface area contributed by atoms with Crippen LogP contribution >= 0.6 is 0 Å². The van der Waals surface area contributed by atoms with E-state index in [1.807, 2.05) is 65.6 Å². The molecule has 0 saturated carbocycles. The lowest BCUT2D eigenvalue weighted by molar-refractivity contribution is -0.135. The van der Waals surface area contributed by atoms with E-state index in [2.05, 4.69) is 16.3 Å². The normalized spacial score (nSPS) is 16.1. The maximum Gasteiger partial charge on any atom is 0.251 e. The number of piperazine rings is 1. The van der Waals surface area contributed by atoms with E-state index in [1.54, 1.807) is 12.1 Å². The van der Waals surface area contributed by atoms with Gasteiger partial charge in [0.1, 0.15) is 6.04 Å². The Kier molecular flexibility index (Phi) is 6.95. The molecule has 0 radical (unpaired) electrons. The number of ether oxygens (including phenoxy) is 2. The van der Waals surface area contributed by atoms with Crippen LogP contribution < -0.4 is 14.8 Å². The summed E-state index contributed by atoms with van der Waals surface area (Å²) in [6.07, 6.45) is 0.454. The maximum absolute atomic E-state index is 13.5. The van der Waals surface area contributed by atoms with E-state index in [0.717, 1.165) is 42.3 Å². The van der Waals surface area contributed by atoms with Crippen LogP contribution in [0.1, 0.15) is 21.5 Å². The van der Waals surface area contributed by atoms with Crippen molar-refractivity contribution < 1.29 is 19.1 Å². The molecule has 2 amide bonds. The number of carbonyl (C=O) groups excluding carboxylic acids is 2. The number of rotatable bonds is 7. The lowest BCUT2D eigenvalue weighted by atomic mass is 10.0. The first kappa shape index (κ1) is 22.9. The Morgan fingerprint density at radius 1 is 0.800 bits per heavy atom. The Balaban J connectivity index is 1.22. The smallest absolute Gasteiger partial charge is 0.251 e. The SMILES string of the molecule is O=C(N[C@@H](Cc1ccccc1)C(=O)N1CCN(Cc2ccc3c(c2)OCO3)CC1)c1ccccc1. The van der Waals surface area contributed by atoms with Gasteiger partial charge in [-0.3, -0.25) is 14.5 Å². The number of hydrogen-bond donors (Lipinski definition) is 1. The third kappa shape index (κ3) is 5.63. The minimum atomic E-state index is -0.620. The summed E-state index contributed by atoms with van der Waals surface area (Å²) in [6, 6.07) is 24.2. The Hall–Kier alpha value is -3.84. The van der Waals surface area contributed by atoms with Gasteiger partial charge < -0.3 is 19.7 Å². The molecular formula is C28H29N3O4. The summed E-state index contributed by atoms with van der Waals surface area (Å²) in [5, 5.41) is 2.98. The molecule has 3 aromatic rings. The first-order valence-electron chi connectivity index (χ1n) is 12.0. The number of amides is 2. The van der Waals surface area contributed by atoms with Crippen LogP contribution in [-0.4, -0.2) is 60.6 Å². The highest BCUT2D eigenvalue weighted by Gasteiger charge is 2.29. The van der Waals surface area contributed by atoms with Crippen molar-refractivity contribution in [1.29, 1.82) is 0 Å². The molecular weight excluding hydrogens is 442 g/mol. The van der Waals surface area contributed by atoms with E-state index in [4.69, 9.17) is 9.47 Å². The van der Waals surface area contributed by atoms with Gasteiger partial charge in [-0.2, -0.15) is 0 Å². The van der Waals surface area contributed by atoms with Crippen LogP contribution in [-0.2, 0) is 17.8 Å². The van der Waals surface area contributed by atoms with Crippen LogP contribution in [0.15, 0.2) is 78.9 Å². The molecule has 180 valence electrons. The van der Waals surface area contributed by atoms with Crippen molar-refractivity contribution in [2.24, 2.45) is 0 Å². The van der Waals surface area contributed by atoms with E-state index in [9.17, 15) is 9.59 Å². The first-order chi connectivity index (χ1) is 17.2. The fourth-order valence-corrected chi connectivity index (χ4v) is 4.53. The second-order valence-electron chi connectivity index (χ2n) is 8.87. The number of carbonyl (C=O) groups is 2. The summed E-state index contributed by atoms with van der Waals surface area (Å²) in [5.74, 6) is 1.29. The Bertz CT molecular complexity index is 1160. The Morgan fingerprint density at radius 3 is 2.23 bits per heavy atom. The standard InChI is InChI=1S/C28H29N3O4/c32-27(23-9-5-2-6-10-23)29-24(17-21-7-3-1-4-8-21)28(33)31-15-13-30(14-16-31)19-22-11-12-25-26(18-22)35-20-34-25/h1-12,18,24H,13-17,19-20H2,(H,29,32)/t24-/m0/s1. The zero-order chi connectivity index (χ0) is 24.0. The van der Waals surface area contributed by atoms with Crippen molar-refractivity contribution >= 4 is 11.8 Å². The van der Waals surface area contributed by atoms with Gasteiger partial charge in [-0.15, -0.1) is 0 Å². The average molecular weight is 472 g/mol. The molecule has 7 nitrogen and oxygen atoms in total. The molecule has 0 aliphatic carbocycles. The van der Waals surface area contributed by atoms with Crippen molar-refractivity contribution in [1.82, 2.24) is 15.1 Å². The molecule has 7 heteroatoms. The maximum atomic E-state index is 13.5. The molecule has 2 heterocycles. The number of fused-ring (bicyclic) bond motifs is 1. The highest BCUT2D eigenvalue weighted by molar-refractivity contribution is 5.97. The van der Waals surface area contributed by atoms with Crippen LogP contribution in [0.2, 0.25) is 0 Å². The summed E-state index contributed by atoms with van der Waals surface area (Å²) >= 11 is 0. The molecule has 2 aliphatic rings. The zero-order valence-electron chi connectivity index (χ0n) is 19.6. The molecule has 5 rings (SSSR count). The van der Waals surface area contributed by atoms with Crippen LogP contribution in [0, 0.1) is 0 Å². The number of nitrogens with one attached hydrogen (secondary N) is 1. The lowest BCUT2D eigenvalue weighted by Gasteiger charge is -2.36. The molecule has 0 aromatic heterocycles. The van der Waals surface area contributed by atoms with Crippen LogP contribution in [0.5, 0.6) is 11.5 Å². The van der Waals surface area contributed by atoms with Gasteiger partial charge in [-0.25, -0.2) is 0 Å². The Morgan fingerprint density at radius 2 is 1.49 bits per heavy atom. The number of nitrogens with zero attached hydrogens (tertiary/aromatic N) is 2. The van der Waals surface area contributed by atoms with Crippen LogP contribution in [0.25, 0.3) is 0 Å². The lowest BCUT2D eigenvalue weighted by Crippen LogP contribution is -2.55. The molecule has 3 aromatic carbocycles. The van der Waals surface area contributed by atoms with E-state index in [0.29, 0.717) is 25.1 Å². The first-order valence-corrected chi connectivity index (χ1v) is 12.0. The van der Waals surface area contributed by atoms with Gasteiger partial charge >= 0.3 is 0 Å². The molecule has 1 N–H and O–H groups in total. The van der Waals surface area contributed by atoms with Crippen molar-refractivity contribution in [2.75, 3.05) is 33.0 Å². The van der Waals surface area contributed by atoms with E-state index in [1.165, 1.54) is 0 Å². The minimum absolute atomic E-state index is 0.0409. The van der Waals surface area contributed by atoms with E-state index >= 15 is 0 Å². The molecule has 0 bridgehead atoms. The van der Waals surface area contributed by atoms with Gasteiger partial charge in [0.2, 0.25) is 12.7 Å². The average Bonchev–Trinajstić information content (AvgIpc) is 3.37. The number of hydrogen-bond acceptors (Lipinski definition) is 5. The Labute approximate surface area is 205 Å². The topological polar surface area (TPSA) is 71.1 Å². The van der Waals surface area contributed by atoms with Gasteiger partial charge in [0.05, 0.1) is 0 Å². The van der Waals surface area contributed by atoms with Crippen molar-refractivity contribution in [3.8, 4) is 11.5 Å². The zero-order valence-corrected chi connectivity index (χ0v) is 19.6. The van der Waals surface area contributed by atoms with Gasteiger partial charge in [-0.1, -0.05) is 54.6 Å². The summed E-state index contributed by atoms with van der Waals surface area (Å²) < 4.78 is 10.9. The van der Waals surface area contributed by atoms with Gasteiger partial charge in [0.25, 0.3) is 5.91 Å². The monoisotopic (exact) mass is 471 g/mol. The summed E-state index contributed by atoms with van der Waals surface area (Å²) in [6.45, 7) is 3.84. The van der Waals surface area contributed by atoms with Crippen molar-refractivity contribution in [2.45, 2.75) is 19.0 Å². The molecule has 35 heavy (non-hydrogen) atoms. The van der Waals surface area contributed by atoms with Crippen LogP contribution in [0.3, 0.4) is 0 Å². The minimum Gasteiger partial charge on any atom is -0.454 e. The summed E-state index contributed by atoms with van der Waals surface area (Å²) in [7, 11) is 0. The third-order valence-corrected chi connectivity index (χ3v) is 6.45. The second kappa shape index (κ2) is 10.6. The highest BCUT2D eigenvalue weighted by Crippen LogP contribution is 2.32. The van der Waals surface area contributed by atoms with E-state index in [-0.39, 0.29) is 18.6 Å². The molecule has 2 aliphatic heterocycles. The predicted octanol–water partition coefficient (Wildman–Crippen LogP) is 3.10. The largest absolute Gasteiger partial charge is 0.454 e. The van der Waals surface area contributed by atoms with Crippen molar-refractivity contribution in [3.63, 3.8) is 0 Å². The van der Waals surface area contributed by atoms with Crippen LogP contribution in [0.4, 0.5) is 0 Å². The predicted molar refractivity (Wildman–Crippen MR) is 132 cm³/mol. The van der Waals surface area contributed by atoms with Gasteiger partial charge in [-0.05, 0) is 35.4 Å². The van der Waals surface area contributed by atoms with Crippen molar-refractivity contribution in [3.05, 3.63) is 95.6 Å². The molecule has 0 spiro atoms. The quantitative estimate of drug-likeness (QED) is 0.574.